The van der Waals surface area contributed by atoms with Crippen LogP contribution in [0.5, 0.6) is 0 Å². The first-order chi connectivity index (χ1) is 11.9. The standard InChI is InChI=1S/C17H24N4O3S/c1-12(2)19-16(24)21-6-5-20(15(23)13-4-3-7-25-13)10-17(11-21)8-14(22)18-9-17/h3-4,7,12H,5-6,8-11H2,1-2H3,(H,18,22)(H,19,24)/t17-/m0/s1. The van der Waals surface area contributed by atoms with Crippen LogP contribution in [-0.2, 0) is 4.79 Å². The van der Waals surface area contributed by atoms with Crippen LogP contribution in [0.3, 0.4) is 0 Å². The van der Waals surface area contributed by atoms with E-state index in [9.17, 15) is 14.4 Å². The number of carbonyl (C=O) groups excluding carboxylic acids is 3. The van der Waals surface area contributed by atoms with E-state index in [1.165, 1.54) is 11.3 Å². The Morgan fingerprint density at radius 3 is 2.60 bits per heavy atom. The number of hydrogen-bond acceptors (Lipinski definition) is 4. The minimum Gasteiger partial charge on any atom is -0.355 e. The summed E-state index contributed by atoms with van der Waals surface area (Å²) in [7, 11) is 0. The largest absolute Gasteiger partial charge is 0.355 e. The first-order valence-electron chi connectivity index (χ1n) is 8.53. The first kappa shape index (κ1) is 17.7. The molecule has 2 saturated heterocycles. The maximum atomic E-state index is 12.8. The number of rotatable bonds is 2. The number of thiophene rings is 1. The second-order valence-electron chi connectivity index (χ2n) is 7.18. The smallest absolute Gasteiger partial charge is 0.317 e. The molecule has 0 unspecified atom stereocenters. The molecule has 4 amide bonds. The van der Waals surface area contributed by atoms with Crippen LogP contribution >= 0.6 is 11.3 Å². The molecule has 0 radical (unpaired) electrons. The van der Waals surface area contributed by atoms with E-state index in [2.05, 4.69) is 10.6 Å². The van der Waals surface area contributed by atoms with Crippen molar-refractivity contribution in [3.63, 3.8) is 0 Å². The molecule has 25 heavy (non-hydrogen) atoms. The molecular weight excluding hydrogens is 340 g/mol. The van der Waals surface area contributed by atoms with E-state index in [-0.39, 0.29) is 23.9 Å². The molecule has 1 aromatic heterocycles. The van der Waals surface area contributed by atoms with Crippen molar-refractivity contribution < 1.29 is 14.4 Å². The molecule has 3 rings (SSSR count). The Kier molecular flexibility index (Phi) is 4.99. The summed E-state index contributed by atoms with van der Waals surface area (Å²) in [6.07, 6.45) is 0.340. The summed E-state index contributed by atoms with van der Waals surface area (Å²) in [6, 6.07) is 3.57. The van der Waals surface area contributed by atoms with Crippen molar-refractivity contribution in [1.29, 1.82) is 0 Å². The molecule has 2 aliphatic heterocycles. The van der Waals surface area contributed by atoms with Gasteiger partial charge in [0.05, 0.1) is 4.88 Å². The molecule has 2 fully saturated rings. The second kappa shape index (κ2) is 7.03. The Bertz CT molecular complexity index is 661. The number of nitrogens with zero attached hydrogens (tertiary/aromatic N) is 2. The molecular formula is C17H24N4O3S. The average Bonchev–Trinajstić information content (AvgIpc) is 3.14. The summed E-state index contributed by atoms with van der Waals surface area (Å²) in [6.45, 7) is 6.21. The van der Waals surface area contributed by atoms with Crippen LogP contribution in [0.25, 0.3) is 0 Å². The number of amides is 4. The molecule has 2 aliphatic rings. The van der Waals surface area contributed by atoms with Crippen molar-refractivity contribution in [2.24, 2.45) is 5.41 Å². The maximum Gasteiger partial charge on any atom is 0.317 e. The molecule has 1 atom stereocenters. The fourth-order valence-corrected chi connectivity index (χ4v) is 4.17. The lowest BCUT2D eigenvalue weighted by molar-refractivity contribution is -0.119. The molecule has 3 heterocycles. The van der Waals surface area contributed by atoms with Gasteiger partial charge in [0.15, 0.2) is 0 Å². The highest BCUT2D eigenvalue weighted by Crippen LogP contribution is 2.31. The summed E-state index contributed by atoms with van der Waals surface area (Å²) in [4.78, 5) is 41.4. The SMILES string of the molecule is CC(C)NC(=O)N1CCN(C(=O)c2cccs2)C[C@]2(CNC(=O)C2)C1. The lowest BCUT2D eigenvalue weighted by atomic mass is 9.86. The highest BCUT2D eigenvalue weighted by molar-refractivity contribution is 7.12. The van der Waals surface area contributed by atoms with Crippen molar-refractivity contribution >= 4 is 29.2 Å². The third kappa shape index (κ3) is 3.95. The Hall–Kier alpha value is -2.09. The predicted molar refractivity (Wildman–Crippen MR) is 95.5 cm³/mol. The van der Waals surface area contributed by atoms with E-state index < -0.39 is 5.41 Å². The van der Waals surface area contributed by atoms with Crippen LogP contribution < -0.4 is 10.6 Å². The third-order valence-corrected chi connectivity index (χ3v) is 5.46. The van der Waals surface area contributed by atoms with Crippen molar-refractivity contribution in [3.8, 4) is 0 Å². The molecule has 7 nitrogen and oxygen atoms in total. The average molecular weight is 364 g/mol. The van der Waals surface area contributed by atoms with Gasteiger partial charge >= 0.3 is 6.03 Å². The topological polar surface area (TPSA) is 81.8 Å². The second-order valence-corrected chi connectivity index (χ2v) is 8.13. The molecule has 0 aromatic carbocycles. The number of carbonyl (C=O) groups is 3. The van der Waals surface area contributed by atoms with Gasteiger partial charge in [0, 0.05) is 50.6 Å². The summed E-state index contributed by atoms with van der Waals surface area (Å²) in [5.74, 6) is -0.0468. The van der Waals surface area contributed by atoms with Gasteiger partial charge in [-0.3, -0.25) is 9.59 Å². The monoisotopic (exact) mass is 364 g/mol. The molecule has 136 valence electrons. The highest BCUT2D eigenvalue weighted by atomic mass is 32.1. The molecule has 0 aliphatic carbocycles. The van der Waals surface area contributed by atoms with Crippen molar-refractivity contribution in [2.75, 3.05) is 32.7 Å². The van der Waals surface area contributed by atoms with Gasteiger partial charge in [-0.25, -0.2) is 4.79 Å². The molecule has 8 heteroatoms. The number of nitrogens with one attached hydrogen (secondary N) is 2. The molecule has 1 aromatic rings. The Morgan fingerprint density at radius 1 is 1.28 bits per heavy atom. The molecule has 1 spiro atoms. The normalized spacial score (nSPS) is 23.7. The Balaban J connectivity index is 1.81. The summed E-state index contributed by atoms with van der Waals surface area (Å²) in [5.41, 5.74) is -0.422. The van der Waals surface area contributed by atoms with Crippen molar-refractivity contribution in [3.05, 3.63) is 22.4 Å². The maximum absolute atomic E-state index is 12.8. The fourth-order valence-electron chi connectivity index (χ4n) is 3.48. The van der Waals surface area contributed by atoms with Gasteiger partial charge < -0.3 is 20.4 Å². The van der Waals surface area contributed by atoms with Crippen LogP contribution in [0.2, 0.25) is 0 Å². The van der Waals surface area contributed by atoms with Crippen molar-refractivity contribution in [1.82, 2.24) is 20.4 Å². The van der Waals surface area contributed by atoms with Crippen LogP contribution in [-0.4, -0.2) is 66.4 Å². The van der Waals surface area contributed by atoms with Gasteiger partial charge in [-0.15, -0.1) is 11.3 Å². The van der Waals surface area contributed by atoms with E-state index in [0.717, 1.165) is 0 Å². The Labute approximate surface area is 151 Å². The van der Waals surface area contributed by atoms with E-state index in [4.69, 9.17) is 0 Å². The van der Waals surface area contributed by atoms with Gasteiger partial charge in [0.1, 0.15) is 0 Å². The number of hydrogen-bond donors (Lipinski definition) is 2. The minimum atomic E-state index is -0.422. The van der Waals surface area contributed by atoms with Gasteiger partial charge in [-0.2, -0.15) is 0 Å². The Morgan fingerprint density at radius 2 is 2.00 bits per heavy atom. The zero-order chi connectivity index (χ0) is 18.0. The van der Waals surface area contributed by atoms with Crippen LogP contribution in [0.4, 0.5) is 4.79 Å². The van der Waals surface area contributed by atoms with E-state index in [0.29, 0.717) is 44.0 Å². The summed E-state index contributed by atoms with van der Waals surface area (Å²) < 4.78 is 0. The van der Waals surface area contributed by atoms with Gasteiger partial charge in [0.2, 0.25) is 5.91 Å². The van der Waals surface area contributed by atoms with Gasteiger partial charge in [-0.1, -0.05) is 6.07 Å². The van der Waals surface area contributed by atoms with Gasteiger partial charge in [-0.05, 0) is 25.3 Å². The van der Waals surface area contributed by atoms with E-state index >= 15 is 0 Å². The number of urea groups is 1. The molecule has 2 N–H and O–H groups in total. The zero-order valence-corrected chi connectivity index (χ0v) is 15.4. The summed E-state index contributed by atoms with van der Waals surface area (Å²) >= 11 is 1.41. The quantitative estimate of drug-likeness (QED) is 0.825. The van der Waals surface area contributed by atoms with Crippen LogP contribution in [0.1, 0.15) is 29.9 Å². The zero-order valence-electron chi connectivity index (χ0n) is 14.6. The van der Waals surface area contributed by atoms with Crippen molar-refractivity contribution in [2.45, 2.75) is 26.3 Å². The third-order valence-electron chi connectivity index (χ3n) is 4.61. The predicted octanol–water partition coefficient (Wildman–Crippen LogP) is 1.13. The van der Waals surface area contributed by atoms with Crippen LogP contribution in [0, 0.1) is 5.41 Å². The van der Waals surface area contributed by atoms with Gasteiger partial charge in [0.25, 0.3) is 5.91 Å². The van der Waals surface area contributed by atoms with E-state index in [1.807, 2.05) is 31.4 Å². The van der Waals surface area contributed by atoms with Crippen LogP contribution in [0.15, 0.2) is 17.5 Å². The molecule has 0 bridgehead atoms. The highest BCUT2D eigenvalue weighted by Gasteiger charge is 2.45. The first-order valence-corrected chi connectivity index (χ1v) is 9.41. The lowest BCUT2D eigenvalue weighted by Gasteiger charge is -2.32. The van der Waals surface area contributed by atoms with E-state index in [1.54, 1.807) is 9.80 Å². The minimum absolute atomic E-state index is 0.0189. The lowest BCUT2D eigenvalue weighted by Crippen LogP contribution is -2.48. The fraction of sp³-hybridized carbons (Fsp3) is 0.588. The molecule has 0 saturated carbocycles. The summed E-state index contributed by atoms with van der Waals surface area (Å²) in [5, 5.41) is 7.66.